The van der Waals surface area contributed by atoms with Crippen molar-refractivity contribution in [2.75, 3.05) is 21.3 Å². The second kappa shape index (κ2) is 6.44. The number of hydrogen-bond acceptors (Lipinski definition) is 5. The van der Waals surface area contributed by atoms with Crippen LogP contribution in [0.1, 0.15) is 5.56 Å². The molecule has 0 fully saturated rings. The van der Waals surface area contributed by atoms with Crippen LogP contribution in [0.5, 0.6) is 5.75 Å². The van der Waals surface area contributed by atoms with Crippen LogP contribution in [-0.2, 0) is 19.1 Å². The number of methoxy groups -OCH3 is 3. The highest BCUT2D eigenvalue weighted by Crippen LogP contribution is 2.19. The Labute approximate surface area is 105 Å². The van der Waals surface area contributed by atoms with Gasteiger partial charge in [-0.2, -0.15) is 0 Å². The summed E-state index contributed by atoms with van der Waals surface area (Å²) in [4.78, 5) is 22.8. The topological polar surface area (TPSA) is 61.8 Å². The molecule has 1 rings (SSSR count). The Morgan fingerprint density at radius 2 is 1.61 bits per heavy atom. The van der Waals surface area contributed by atoms with Gasteiger partial charge in [-0.05, 0) is 17.7 Å². The van der Waals surface area contributed by atoms with Crippen molar-refractivity contribution in [1.82, 2.24) is 0 Å². The van der Waals surface area contributed by atoms with E-state index >= 15 is 0 Å². The maximum atomic E-state index is 11.6. The summed E-state index contributed by atoms with van der Waals surface area (Å²) in [6, 6.07) is 6.68. The molecule has 5 heteroatoms. The van der Waals surface area contributed by atoms with Crippen molar-refractivity contribution in [2.45, 2.75) is 0 Å². The molecule has 1 aromatic carbocycles. The smallest absolute Gasteiger partial charge is 0.338 e. The first-order valence-electron chi connectivity index (χ1n) is 5.14. The molecule has 0 aromatic heterocycles. The Morgan fingerprint density at radius 1 is 1.00 bits per heavy atom. The number of benzene rings is 1. The predicted molar refractivity (Wildman–Crippen MR) is 65.0 cm³/mol. The van der Waals surface area contributed by atoms with Gasteiger partial charge in [0, 0.05) is 6.08 Å². The van der Waals surface area contributed by atoms with Gasteiger partial charge in [-0.3, -0.25) is 0 Å². The van der Waals surface area contributed by atoms with E-state index in [0.717, 1.165) is 6.08 Å². The van der Waals surface area contributed by atoms with Gasteiger partial charge < -0.3 is 14.2 Å². The van der Waals surface area contributed by atoms with E-state index in [1.165, 1.54) is 14.2 Å². The predicted octanol–water partition coefficient (Wildman–Crippen LogP) is 1.42. The van der Waals surface area contributed by atoms with Crippen LogP contribution in [0.25, 0.3) is 5.57 Å². The van der Waals surface area contributed by atoms with Crippen LogP contribution >= 0.6 is 0 Å². The highest BCUT2D eigenvalue weighted by Gasteiger charge is 2.14. The average molecular weight is 250 g/mol. The number of esters is 2. The van der Waals surface area contributed by atoms with Crippen LogP contribution in [0.3, 0.4) is 0 Å². The largest absolute Gasteiger partial charge is 0.497 e. The molecule has 96 valence electrons. The molecular formula is C13H14O5. The summed E-state index contributed by atoms with van der Waals surface area (Å²) in [6.45, 7) is 0. The van der Waals surface area contributed by atoms with Gasteiger partial charge in [0.25, 0.3) is 0 Å². The summed E-state index contributed by atoms with van der Waals surface area (Å²) in [5, 5.41) is 0. The molecule has 0 saturated carbocycles. The molecule has 18 heavy (non-hydrogen) atoms. The van der Waals surface area contributed by atoms with Crippen LogP contribution in [0.2, 0.25) is 0 Å². The van der Waals surface area contributed by atoms with E-state index in [1.807, 2.05) is 0 Å². The molecule has 0 heterocycles. The lowest BCUT2D eigenvalue weighted by atomic mass is 10.1. The number of carbonyl (C=O) groups is 2. The first-order chi connectivity index (χ1) is 8.62. The van der Waals surface area contributed by atoms with E-state index in [9.17, 15) is 9.59 Å². The molecule has 0 unspecified atom stereocenters. The van der Waals surface area contributed by atoms with Gasteiger partial charge in [0.05, 0.1) is 26.9 Å². The van der Waals surface area contributed by atoms with Gasteiger partial charge in [0.15, 0.2) is 0 Å². The summed E-state index contributed by atoms with van der Waals surface area (Å²) in [6.07, 6.45) is 1.09. The standard InChI is InChI=1S/C13H14O5/c1-16-10-6-4-9(5-7-10)11(13(15)18-3)8-12(14)17-2/h4-8H,1-3H3/b11-8-. The zero-order chi connectivity index (χ0) is 13.5. The summed E-state index contributed by atoms with van der Waals surface area (Å²) < 4.78 is 14.1. The van der Waals surface area contributed by atoms with Crippen molar-refractivity contribution in [1.29, 1.82) is 0 Å². The Hall–Kier alpha value is -2.30. The summed E-state index contributed by atoms with van der Waals surface area (Å²) in [5.74, 6) is -0.571. The van der Waals surface area contributed by atoms with Crippen molar-refractivity contribution in [3.8, 4) is 5.75 Å². The zero-order valence-electron chi connectivity index (χ0n) is 10.4. The molecule has 0 bridgehead atoms. The number of hydrogen-bond donors (Lipinski definition) is 0. The van der Waals surface area contributed by atoms with E-state index in [1.54, 1.807) is 31.4 Å². The molecule has 0 saturated heterocycles. The SMILES string of the molecule is COC(=O)/C=C(\C(=O)OC)c1ccc(OC)cc1. The van der Waals surface area contributed by atoms with Gasteiger partial charge >= 0.3 is 11.9 Å². The van der Waals surface area contributed by atoms with Gasteiger partial charge in [-0.1, -0.05) is 12.1 Å². The molecule has 5 nitrogen and oxygen atoms in total. The van der Waals surface area contributed by atoms with Crippen molar-refractivity contribution in [3.63, 3.8) is 0 Å². The van der Waals surface area contributed by atoms with E-state index < -0.39 is 11.9 Å². The third-order valence-corrected chi connectivity index (χ3v) is 2.27. The third-order valence-electron chi connectivity index (χ3n) is 2.27. The van der Waals surface area contributed by atoms with E-state index in [4.69, 9.17) is 4.74 Å². The Morgan fingerprint density at radius 3 is 2.06 bits per heavy atom. The van der Waals surface area contributed by atoms with Crippen molar-refractivity contribution >= 4 is 17.5 Å². The van der Waals surface area contributed by atoms with Crippen LogP contribution in [-0.4, -0.2) is 33.3 Å². The Kier molecular flexibility index (Phi) is 4.92. The molecule has 0 radical (unpaired) electrons. The van der Waals surface area contributed by atoms with Gasteiger partial charge in [-0.25, -0.2) is 9.59 Å². The van der Waals surface area contributed by atoms with E-state index in [2.05, 4.69) is 9.47 Å². The first-order valence-corrected chi connectivity index (χ1v) is 5.14. The quantitative estimate of drug-likeness (QED) is 0.597. The van der Waals surface area contributed by atoms with Gasteiger partial charge in [-0.15, -0.1) is 0 Å². The van der Waals surface area contributed by atoms with Crippen LogP contribution < -0.4 is 4.74 Å². The highest BCUT2D eigenvalue weighted by atomic mass is 16.5. The maximum Gasteiger partial charge on any atom is 0.338 e. The summed E-state index contributed by atoms with van der Waals surface area (Å²) in [5.41, 5.74) is 0.681. The minimum atomic E-state index is -0.619. The fourth-order valence-electron chi connectivity index (χ4n) is 1.32. The molecule has 0 amide bonds. The van der Waals surface area contributed by atoms with Crippen LogP contribution in [0.15, 0.2) is 30.3 Å². The minimum absolute atomic E-state index is 0.131. The number of carbonyl (C=O) groups excluding carboxylic acids is 2. The fourth-order valence-corrected chi connectivity index (χ4v) is 1.32. The summed E-state index contributed by atoms with van der Waals surface area (Å²) in [7, 11) is 4.03. The van der Waals surface area contributed by atoms with Crippen molar-refractivity contribution in [3.05, 3.63) is 35.9 Å². The molecule has 0 N–H and O–H groups in total. The molecule has 0 spiro atoms. The monoisotopic (exact) mass is 250 g/mol. The lowest BCUT2D eigenvalue weighted by Crippen LogP contribution is -2.07. The number of ether oxygens (including phenoxy) is 3. The van der Waals surface area contributed by atoms with E-state index in [0.29, 0.717) is 11.3 Å². The van der Waals surface area contributed by atoms with Crippen LogP contribution in [0.4, 0.5) is 0 Å². The Balaban J connectivity index is 3.13. The molecule has 0 aliphatic carbocycles. The second-order valence-electron chi connectivity index (χ2n) is 3.30. The maximum absolute atomic E-state index is 11.6. The molecule has 1 aromatic rings. The molecular weight excluding hydrogens is 236 g/mol. The second-order valence-corrected chi connectivity index (χ2v) is 3.30. The van der Waals surface area contributed by atoms with Crippen LogP contribution in [0, 0.1) is 0 Å². The first kappa shape index (κ1) is 13.8. The summed E-state index contributed by atoms with van der Waals surface area (Å²) >= 11 is 0. The Bertz CT molecular complexity index is 459. The van der Waals surface area contributed by atoms with Gasteiger partial charge in [0.1, 0.15) is 5.75 Å². The normalized spacial score (nSPS) is 10.7. The molecule has 0 aliphatic rings. The zero-order valence-corrected chi connectivity index (χ0v) is 10.4. The van der Waals surface area contributed by atoms with E-state index in [-0.39, 0.29) is 5.57 Å². The third kappa shape index (κ3) is 3.35. The lowest BCUT2D eigenvalue weighted by molar-refractivity contribution is -0.136. The lowest BCUT2D eigenvalue weighted by Gasteiger charge is -2.06. The highest BCUT2D eigenvalue weighted by molar-refractivity contribution is 6.20. The molecule has 0 aliphatic heterocycles. The number of rotatable bonds is 4. The fraction of sp³-hybridized carbons (Fsp3) is 0.231. The average Bonchev–Trinajstić information content (AvgIpc) is 2.43. The van der Waals surface area contributed by atoms with Crippen molar-refractivity contribution in [2.24, 2.45) is 0 Å². The molecule has 0 atom stereocenters. The minimum Gasteiger partial charge on any atom is -0.497 e. The van der Waals surface area contributed by atoms with Gasteiger partial charge in [0.2, 0.25) is 0 Å². The van der Waals surface area contributed by atoms with Crippen molar-refractivity contribution < 1.29 is 23.8 Å².